The summed E-state index contributed by atoms with van der Waals surface area (Å²) in [5.74, 6) is 2.27. The molecule has 1 unspecified atom stereocenters. The van der Waals surface area contributed by atoms with E-state index in [1.807, 2.05) is 13.8 Å². The average molecular weight is 457 g/mol. The maximum atomic E-state index is 10.3. The van der Waals surface area contributed by atoms with Crippen molar-refractivity contribution >= 4 is 0 Å². The van der Waals surface area contributed by atoms with E-state index in [9.17, 15) is 15.3 Å². The van der Waals surface area contributed by atoms with Crippen LogP contribution in [0, 0.1) is 28.6 Å². The minimum atomic E-state index is -0.617. The first kappa shape index (κ1) is 25.2. The van der Waals surface area contributed by atoms with Gasteiger partial charge in [-0.3, -0.25) is 0 Å². The highest BCUT2D eigenvalue weighted by atomic mass is 16.3. The molecule has 4 saturated carbocycles. The van der Waals surface area contributed by atoms with Crippen LogP contribution in [0.2, 0.25) is 0 Å². The predicted octanol–water partition coefficient (Wildman–Crippen LogP) is 6.48. The first-order valence-electron chi connectivity index (χ1n) is 13.6. The van der Waals surface area contributed by atoms with Crippen LogP contribution in [0.1, 0.15) is 105 Å². The van der Waals surface area contributed by atoms with Crippen LogP contribution in [0.5, 0.6) is 0 Å². The quantitative estimate of drug-likeness (QED) is 0.410. The van der Waals surface area contributed by atoms with E-state index < -0.39 is 17.8 Å². The minimum Gasteiger partial charge on any atom is -0.393 e. The van der Waals surface area contributed by atoms with E-state index in [1.165, 1.54) is 51.4 Å². The Kier molecular flexibility index (Phi) is 7.09. The van der Waals surface area contributed by atoms with Gasteiger partial charge in [0.15, 0.2) is 0 Å². The second-order valence-electron chi connectivity index (χ2n) is 13.1. The van der Waals surface area contributed by atoms with Gasteiger partial charge in [0.25, 0.3) is 0 Å². The van der Waals surface area contributed by atoms with Crippen LogP contribution >= 0.6 is 0 Å². The van der Waals surface area contributed by atoms with Crippen molar-refractivity contribution in [2.75, 3.05) is 0 Å². The van der Waals surface area contributed by atoms with Crippen LogP contribution in [-0.2, 0) is 0 Å². The lowest BCUT2D eigenvalue weighted by Crippen LogP contribution is -2.42. The maximum Gasteiger partial charge on any atom is 0.0811 e. The molecule has 6 atom stereocenters. The van der Waals surface area contributed by atoms with Crippen molar-refractivity contribution in [2.45, 2.75) is 123 Å². The van der Waals surface area contributed by atoms with Crippen LogP contribution in [0.4, 0.5) is 0 Å². The molecule has 3 heteroatoms. The van der Waals surface area contributed by atoms with Crippen molar-refractivity contribution in [1.82, 2.24) is 0 Å². The van der Waals surface area contributed by atoms with Crippen molar-refractivity contribution in [1.29, 1.82) is 0 Å². The van der Waals surface area contributed by atoms with Gasteiger partial charge in [-0.1, -0.05) is 44.6 Å². The Balaban J connectivity index is 1.54. The molecule has 0 aromatic rings. The molecule has 3 N–H and O–H groups in total. The topological polar surface area (TPSA) is 60.7 Å². The van der Waals surface area contributed by atoms with E-state index in [0.29, 0.717) is 29.6 Å². The summed E-state index contributed by atoms with van der Waals surface area (Å²) in [6.45, 7) is 13.2. The number of hydrogen-bond donors (Lipinski definition) is 3. The van der Waals surface area contributed by atoms with Gasteiger partial charge < -0.3 is 15.3 Å². The highest BCUT2D eigenvalue weighted by molar-refractivity contribution is 5.38. The van der Waals surface area contributed by atoms with Crippen molar-refractivity contribution in [3.63, 3.8) is 0 Å². The molecule has 3 nitrogen and oxygen atoms in total. The monoisotopic (exact) mass is 456 g/mol. The van der Waals surface area contributed by atoms with E-state index >= 15 is 0 Å². The van der Waals surface area contributed by atoms with E-state index in [0.717, 1.165) is 35.8 Å². The van der Waals surface area contributed by atoms with E-state index in [1.54, 1.807) is 5.57 Å². The van der Waals surface area contributed by atoms with E-state index in [2.05, 4.69) is 32.6 Å². The first-order valence-corrected chi connectivity index (χ1v) is 13.6. The standard InChI is InChI=1S/C30H48O3/c1-20-22(18-24(31)19-26(20)32)10-9-21-8-6-16-30(5)25(21)13-14-27(30)29(4,23-11-12-23)17-7-15-28(2,3)33/h9-10,23-27,31-33H,1,6-8,11-19H2,2-5H3/b21-9+,22-10-/t24-,25+,26?,27-,29-,30+/m1/s1. The molecule has 0 saturated heterocycles. The number of rotatable bonds is 7. The van der Waals surface area contributed by atoms with Crippen molar-refractivity contribution in [3.8, 4) is 0 Å². The molecule has 0 aliphatic heterocycles. The van der Waals surface area contributed by atoms with Gasteiger partial charge in [0.1, 0.15) is 0 Å². The zero-order valence-corrected chi connectivity index (χ0v) is 21.6. The largest absolute Gasteiger partial charge is 0.393 e. The zero-order chi connectivity index (χ0) is 24.0. The van der Waals surface area contributed by atoms with Gasteiger partial charge >= 0.3 is 0 Å². The summed E-state index contributed by atoms with van der Waals surface area (Å²) < 4.78 is 0. The highest BCUT2D eigenvalue weighted by Gasteiger charge is 2.58. The van der Waals surface area contributed by atoms with Gasteiger partial charge in [-0.15, -0.1) is 0 Å². The molecule has 0 radical (unpaired) electrons. The lowest BCUT2D eigenvalue weighted by Gasteiger charge is -2.50. The van der Waals surface area contributed by atoms with Crippen molar-refractivity contribution in [3.05, 3.63) is 35.5 Å². The zero-order valence-electron chi connectivity index (χ0n) is 21.6. The highest BCUT2D eigenvalue weighted by Crippen LogP contribution is 2.67. The molecule has 0 spiro atoms. The molecular weight excluding hydrogens is 408 g/mol. The molecule has 0 aromatic carbocycles. The third-order valence-corrected chi connectivity index (χ3v) is 10.0. The number of aliphatic hydroxyl groups excluding tert-OH is 2. The molecule has 0 amide bonds. The Morgan fingerprint density at radius 2 is 1.79 bits per heavy atom. The average Bonchev–Trinajstić information content (AvgIpc) is 3.50. The van der Waals surface area contributed by atoms with E-state index in [4.69, 9.17) is 0 Å². The molecule has 186 valence electrons. The fraction of sp³-hybridized carbons (Fsp3) is 0.800. The Morgan fingerprint density at radius 1 is 1.06 bits per heavy atom. The predicted molar refractivity (Wildman–Crippen MR) is 136 cm³/mol. The molecule has 0 bridgehead atoms. The lowest BCUT2D eigenvalue weighted by atomic mass is 9.55. The minimum absolute atomic E-state index is 0.358. The van der Waals surface area contributed by atoms with E-state index in [-0.39, 0.29) is 0 Å². The van der Waals surface area contributed by atoms with Crippen LogP contribution in [0.25, 0.3) is 0 Å². The molecule has 4 rings (SSSR count). The second-order valence-corrected chi connectivity index (χ2v) is 13.1. The van der Waals surface area contributed by atoms with Gasteiger partial charge in [-0.05, 0) is 118 Å². The molecule has 4 aliphatic rings. The summed E-state index contributed by atoms with van der Waals surface area (Å²) in [7, 11) is 0. The molecule has 0 aromatic heterocycles. The fourth-order valence-corrected chi connectivity index (χ4v) is 8.10. The van der Waals surface area contributed by atoms with Gasteiger partial charge in [-0.25, -0.2) is 0 Å². The van der Waals surface area contributed by atoms with Gasteiger partial charge in [0.2, 0.25) is 0 Å². The van der Waals surface area contributed by atoms with Crippen LogP contribution in [0.15, 0.2) is 35.5 Å². The van der Waals surface area contributed by atoms with Gasteiger partial charge in [0, 0.05) is 6.42 Å². The number of aliphatic hydroxyl groups is 3. The summed E-state index contributed by atoms with van der Waals surface area (Å²) in [5.41, 5.74) is 3.57. The van der Waals surface area contributed by atoms with Crippen LogP contribution in [-0.4, -0.2) is 33.1 Å². The molecule has 4 aliphatic carbocycles. The molecule has 4 fully saturated rings. The Labute approximate surface area is 202 Å². The SMILES string of the molecule is C=C1/C(=C\C=C2/CCC[C@@]3(C)[C@H]2CC[C@@H]3[C@](C)(CCCC(C)(C)O)C2CC2)C[C@@H](O)CC1O. The van der Waals surface area contributed by atoms with Crippen LogP contribution in [0.3, 0.4) is 0 Å². The normalized spacial score (nSPS) is 39.7. The second kappa shape index (κ2) is 9.28. The van der Waals surface area contributed by atoms with Crippen molar-refractivity contribution in [2.24, 2.45) is 28.6 Å². The first-order chi connectivity index (χ1) is 15.4. The maximum absolute atomic E-state index is 10.3. The van der Waals surface area contributed by atoms with Crippen LogP contribution < -0.4 is 0 Å². The summed E-state index contributed by atoms with van der Waals surface area (Å²) >= 11 is 0. The third-order valence-electron chi connectivity index (χ3n) is 10.0. The summed E-state index contributed by atoms with van der Waals surface area (Å²) in [5, 5.41) is 30.6. The number of hydrogen-bond acceptors (Lipinski definition) is 3. The number of allylic oxidation sites excluding steroid dienone is 3. The number of fused-ring (bicyclic) bond motifs is 1. The third kappa shape index (κ3) is 5.21. The lowest BCUT2D eigenvalue weighted by molar-refractivity contribution is 0.00449. The summed E-state index contributed by atoms with van der Waals surface area (Å²) in [4.78, 5) is 0. The Hall–Kier alpha value is -0.900. The van der Waals surface area contributed by atoms with Gasteiger partial charge in [0.05, 0.1) is 17.8 Å². The molecular formula is C30H48O3. The Bertz CT molecular complexity index is 798. The summed E-state index contributed by atoms with van der Waals surface area (Å²) in [6.07, 6.45) is 16.8. The van der Waals surface area contributed by atoms with Gasteiger partial charge in [-0.2, -0.15) is 0 Å². The fourth-order valence-electron chi connectivity index (χ4n) is 8.10. The molecule has 33 heavy (non-hydrogen) atoms. The van der Waals surface area contributed by atoms with Crippen molar-refractivity contribution < 1.29 is 15.3 Å². The smallest absolute Gasteiger partial charge is 0.0811 e. The summed E-state index contributed by atoms with van der Waals surface area (Å²) in [6, 6.07) is 0. The molecule has 0 heterocycles. The Morgan fingerprint density at radius 3 is 2.45 bits per heavy atom.